The normalized spacial score (nSPS) is 12.0. The zero-order valence-electron chi connectivity index (χ0n) is 16.5. The van der Waals surface area contributed by atoms with Crippen LogP contribution in [0.5, 0.6) is 0 Å². The van der Waals surface area contributed by atoms with Crippen molar-refractivity contribution < 1.29 is 9.90 Å². The molecular formula is C22H18N6O2S. The minimum absolute atomic E-state index is 0.222. The number of hydrogen-bond acceptors (Lipinski definition) is 7. The number of H-pyrrole nitrogens is 1. The number of nitrogens with one attached hydrogen (secondary N) is 2. The van der Waals surface area contributed by atoms with Crippen molar-refractivity contribution in [3.05, 3.63) is 83.6 Å². The molecule has 0 saturated heterocycles. The standard InChI is InChI=1S/C22H18N6O2S/c1-14(29)20(28-27-19-12-17(25-26-19)15-8-4-2-5-9-15)21(30)24-22-23-18(13-31-22)16-10-6-3-7-11-16/h2-13,29H,1H3,(H,25,26)(H,23,24,30). The summed E-state index contributed by atoms with van der Waals surface area (Å²) in [4.78, 5) is 17.0. The Bertz CT molecular complexity index is 1240. The fraction of sp³-hybridized carbons (Fsp3) is 0.0455. The molecule has 0 radical (unpaired) electrons. The van der Waals surface area contributed by atoms with E-state index in [1.54, 1.807) is 6.07 Å². The van der Waals surface area contributed by atoms with Crippen molar-refractivity contribution >= 4 is 28.2 Å². The maximum atomic E-state index is 12.6. The van der Waals surface area contributed by atoms with E-state index in [1.165, 1.54) is 18.3 Å². The molecule has 0 aliphatic heterocycles. The smallest absolute Gasteiger partial charge is 0.281 e. The third-order valence-electron chi connectivity index (χ3n) is 4.25. The summed E-state index contributed by atoms with van der Waals surface area (Å²) in [6.07, 6.45) is 0. The third kappa shape index (κ3) is 4.90. The minimum atomic E-state index is -0.614. The lowest BCUT2D eigenvalue weighted by molar-refractivity contribution is -0.113. The Hall–Kier alpha value is -4.11. The van der Waals surface area contributed by atoms with Crippen molar-refractivity contribution in [2.75, 3.05) is 5.32 Å². The zero-order chi connectivity index (χ0) is 21.6. The number of anilines is 1. The molecule has 154 valence electrons. The van der Waals surface area contributed by atoms with Crippen LogP contribution in [0.4, 0.5) is 10.9 Å². The SMILES string of the molecule is CC(O)=C(N=Nc1cc(-c2ccccc2)[nH]n1)C(=O)Nc1nc(-c2ccccc2)cs1. The monoisotopic (exact) mass is 430 g/mol. The van der Waals surface area contributed by atoms with Crippen LogP contribution in [0.25, 0.3) is 22.5 Å². The molecule has 0 atom stereocenters. The predicted octanol–water partition coefficient (Wildman–Crippen LogP) is 5.71. The lowest BCUT2D eigenvalue weighted by Crippen LogP contribution is -2.14. The first-order chi connectivity index (χ1) is 15.1. The fourth-order valence-corrected chi connectivity index (χ4v) is 3.45. The number of rotatable bonds is 6. The maximum Gasteiger partial charge on any atom is 0.281 e. The number of aliphatic hydroxyl groups is 1. The molecule has 2 aromatic heterocycles. The molecule has 9 heteroatoms. The van der Waals surface area contributed by atoms with Gasteiger partial charge in [0.1, 0.15) is 5.76 Å². The van der Waals surface area contributed by atoms with Crippen LogP contribution in [-0.4, -0.2) is 26.2 Å². The Balaban J connectivity index is 1.47. The molecule has 3 N–H and O–H groups in total. The quantitative estimate of drug-likeness (QED) is 0.206. The summed E-state index contributed by atoms with van der Waals surface area (Å²) in [5, 5.41) is 29.6. The Kier molecular flexibility index (Phi) is 5.95. The number of benzene rings is 2. The largest absolute Gasteiger partial charge is 0.510 e. The van der Waals surface area contributed by atoms with E-state index in [-0.39, 0.29) is 17.3 Å². The molecule has 2 aromatic carbocycles. The van der Waals surface area contributed by atoms with Gasteiger partial charge in [0.25, 0.3) is 5.91 Å². The van der Waals surface area contributed by atoms with E-state index in [0.29, 0.717) is 5.13 Å². The van der Waals surface area contributed by atoms with Crippen molar-refractivity contribution in [2.24, 2.45) is 10.2 Å². The highest BCUT2D eigenvalue weighted by molar-refractivity contribution is 7.14. The predicted molar refractivity (Wildman–Crippen MR) is 120 cm³/mol. The molecule has 1 amide bonds. The highest BCUT2D eigenvalue weighted by Gasteiger charge is 2.16. The maximum absolute atomic E-state index is 12.6. The van der Waals surface area contributed by atoms with Gasteiger partial charge in [-0.2, -0.15) is 5.10 Å². The number of nitrogens with zero attached hydrogens (tertiary/aromatic N) is 4. The van der Waals surface area contributed by atoms with Gasteiger partial charge < -0.3 is 5.11 Å². The van der Waals surface area contributed by atoms with Gasteiger partial charge in [0.05, 0.1) is 11.4 Å². The van der Waals surface area contributed by atoms with E-state index in [2.05, 4.69) is 30.7 Å². The van der Waals surface area contributed by atoms with Gasteiger partial charge in [0.2, 0.25) is 0 Å². The molecule has 31 heavy (non-hydrogen) atoms. The number of aromatic amines is 1. The van der Waals surface area contributed by atoms with Crippen molar-refractivity contribution in [2.45, 2.75) is 6.92 Å². The molecule has 0 saturated carbocycles. The van der Waals surface area contributed by atoms with Crippen LogP contribution in [0, 0.1) is 0 Å². The number of carbonyl (C=O) groups excluding carboxylic acids is 1. The van der Waals surface area contributed by atoms with Crippen LogP contribution in [0.1, 0.15) is 6.92 Å². The summed E-state index contributed by atoms with van der Waals surface area (Å²) in [5.41, 5.74) is 3.18. The van der Waals surface area contributed by atoms with E-state index in [0.717, 1.165) is 22.5 Å². The number of aromatic nitrogens is 3. The Labute approximate surface area is 182 Å². The second-order valence-corrected chi connectivity index (χ2v) is 7.36. The first-order valence-corrected chi connectivity index (χ1v) is 10.2. The van der Waals surface area contributed by atoms with Gasteiger partial charge in [0.15, 0.2) is 16.6 Å². The van der Waals surface area contributed by atoms with Gasteiger partial charge in [0, 0.05) is 17.0 Å². The van der Waals surface area contributed by atoms with E-state index in [9.17, 15) is 9.90 Å². The third-order valence-corrected chi connectivity index (χ3v) is 5.01. The number of azo groups is 1. The number of allylic oxidation sites excluding steroid dienone is 1. The number of hydrogen-bond donors (Lipinski definition) is 3. The van der Waals surface area contributed by atoms with Crippen LogP contribution in [-0.2, 0) is 4.79 Å². The van der Waals surface area contributed by atoms with Gasteiger partial charge in [-0.25, -0.2) is 4.98 Å². The second-order valence-electron chi connectivity index (χ2n) is 6.50. The fourth-order valence-electron chi connectivity index (χ4n) is 2.74. The van der Waals surface area contributed by atoms with Crippen LogP contribution in [0.3, 0.4) is 0 Å². The summed E-state index contributed by atoms with van der Waals surface area (Å²) < 4.78 is 0. The second kappa shape index (κ2) is 9.14. The highest BCUT2D eigenvalue weighted by Crippen LogP contribution is 2.26. The molecule has 4 aromatic rings. The summed E-state index contributed by atoms with van der Waals surface area (Å²) in [5.74, 6) is -0.595. The molecule has 2 heterocycles. The molecule has 4 rings (SSSR count). The van der Waals surface area contributed by atoms with E-state index >= 15 is 0 Å². The molecule has 0 fully saturated rings. The average molecular weight is 430 g/mol. The van der Waals surface area contributed by atoms with E-state index in [4.69, 9.17) is 0 Å². The van der Waals surface area contributed by atoms with E-state index in [1.807, 2.05) is 66.0 Å². The van der Waals surface area contributed by atoms with Crippen LogP contribution < -0.4 is 5.32 Å². The summed E-state index contributed by atoms with van der Waals surface area (Å²) in [7, 11) is 0. The van der Waals surface area contributed by atoms with Gasteiger partial charge in [-0.15, -0.1) is 21.6 Å². The first kappa shape index (κ1) is 20.2. The van der Waals surface area contributed by atoms with Crippen LogP contribution in [0.2, 0.25) is 0 Å². The Morgan fingerprint density at radius 1 is 1.06 bits per heavy atom. The lowest BCUT2D eigenvalue weighted by Gasteiger charge is -2.02. The molecule has 8 nitrogen and oxygen atoms in total. The number of thiazole rings is 1. The minimum Gasteiger partial charge on any atom is -0.510 e. The number of aliphatic hydroxyl groups excluding tert-OH is 1. The van der Waals surface area contributed by atoms with Crippen molar-refractivity contribution in [3.63, 3.8) is 0 Å². The summed E-state index contributed by atoms with van der Waals surface area (Å²) in [6, 6.07) is 21.0. The van der Waals surface area contributed by atoms with Crippen molar-refractivity contribution in [1.29, 1.82) is 0 Å². The Morgan fingerprint density at radius 3 is 2.42 bits per heavy atom. The topological polar surface area (TPSA) is 116 Å². The first-order valence-electron chi connectivity index (χ1n) is 9.35. The average Bonchev–Trinajstić information content (AvgIpc) is 3.45. The molecule has 0 spiro atoms. The molecule has 0 aliphatic carbocycles. The summed E-state index contributed by atoms with van der Waals surface area (Å²) in [6.45, 7) is 1.37. The summed E-state index contributed by atoms with van der Waals surface area (Å²) >= 11 is 1.28. The molecule has 0 unspecified atom stereocenters. The van der Waals surface area contributed by atoms with Gasteiger partial charge >= 0.3 is 0 Å². The molecule has 0 aliphatic rings. The lowest BCUT2D eigenvalue weighted by atomic mass is 10.2. The Morgan fingerprint density at radius 2 is 1.74 bits per heavy atom. The van der Waals surface area contributed by atoms with Crippen molar-refractivity contribution in [1.82, 2.24) is 15.2 Å². The van der Waals surface area contributed by atoms with Crippen LogP contribution in [0.15, 0.2) is 93.8 Å². The van der Waals surface area contributed by atoms with Crippen molar-refractivity contribution in [3.8, 4) is 22.5 Å². The molecular weight excluding hydrogens is 412 g/mol. The number of carbonyl (C=O) groups is 1. The number of amides is 1. The van der Waals surface area contributed by atoms with Gasteiger partial charge in [-0.3, -0.25) is 15.2 Å². The van der Waals surface area contributed by atoms with Crippen LogP contribution >= 0.6 is 11.3 Å². The van der Waals surface area contributed by atoms with Gasteiger partial charge in [-0.1, -0.05) is 60.7 Å². The van der Waals surface area contributed by atoms with E-state index < -0.39 is 5.91 Å². The zero-order valence-corrected chi connectivity index (χ0v) is 17.3. The van der Waals surface area contributed by atoms with Gasteiger partial charge in [-0.05, 0) is 12.5 Å². The highest BCUT2D eigenvalue weighted by atomic mass is 32.1. The molecule has 0 bridgehead atoms.